The summed E-state index contributed by atoms with van der Waals surface area (Å²) in [7, 11) is 1.84. The molecule has 1 unspecified atom stereocenters. The molecule has 1 atom stereocenters. The fraction of sp³-hybridized carbons (Fsp3) is 0.625. The van der Waals surface area contributed by atoms with E-state index in [0.717, 1.165) is 30.9 Å². The highest BCUT2D eigenvalue weighted by Crippen LogP contribution is 2.23. The van der Waals surface area contributed by atoms with Gasteiger partial charge in [-0.15, -0.1) is 0 Å². The number of rotatable bonds is 4. The minimum absolute atomic E-state index is 0.0450. The van der Waals surface area contributed by atoms with Crippen LogP contribution in [-0.2, 0) is 30.2 Å². The third-order valence-electron chi connectivity index (χ3n) is 4.27. The van der Waals surface area contributed by atoms with Gasteiger partial charge in [0.05, 0.1) is 18.8 Å². The maximum absolute atomic E-state index is 12.2. The van der Waals surface area contributed by atoms with E-state index >= 15 is 0 Å². The number of hydrogen-bond donors (Lipinski definition) is 2. The summed E-state index contributed by atoms with van der Waals surface area (Å²) >= 11 is 0. The average Bonchev–Trinajstić information content (AvgIpc) is 3.11. The van der Waals surface area contributed by atoms with E-state index in [2.05, 4.69) is 46.6 Å². The SMILES string of the molecule is Cn1nc(C(C)(C)C)cc1NC(=O)CNC1CCc2ncnn2C1. The summed E-state index contributed by atoms with van der Waals surface area (Å²) < 4.78 is 3.61. The van der Waals surface area contributed by atoms with Crippen LogP contribution >= 0.6 is 0 Å². The molecule has 8 nitrogen and oxygen atoms in total. The molecule has 0 saturated carbocycles. The third-order valence-corrected chi connectivity index (χ3v) is 4.27. The van der Waals surface area contributed by atoms with E-state index in [1.165, 1.54) is 0 Å². The Morgan fingerprint density at radius 1 is 1.42 bits per heavy atom. The predicted octanol–water partition coefficient (Wildman–Crippen LogP) is 0.852. The number of anilines is 1. The van der Waals surface area contributed by atoms with Gasteiger partial charge in [-0.1, -0.05) is 20.8 Å². The molecule has 1 aliphatic heterocycles. The van der Waals surface area contributed by atoms with Gasteiger partial charge in [-0.3, -0.25) is 9.48 Å². The predicted molar refractivity (Wildman–Crippen MR) is 90.7 cm³/mol. The quantitative estimate of drug-likeness (QED) is 0.867. The molecule has 0 aliphatic carbocycles. The van der Waals surface area contributed by atoms with Crippen LogP contribution in [0.1, 0.15) is 38.7 Å². The van der Waals surface area contributed by atoms with E-state index in [9.17, 15) is 4.79 Å². The lowest BCUT2D eigenvalue weighted by Crippen LogP contribution is -2.41. The molecule has 8 heteroatoms. The van der Waals surface area contributed by atoms with Gasteiger partial charge in [-0.25, -0.2) is 9.67 Å². The summed E-state index contributed by atoms with van der Waals surface area (Å²) in [6.07, 6.45) is 3.43. The van der Waals surface area contributed by atoms with Crippen LogP contribution in [0.2, 0.25) is 0 Å². The van der Waals surface area contributed by atoms with Crippen LogP contribution in [0.3, 0.4) is 0 Å². The zero-order chi connectivity index (χ0) is 17.3. The van der Waals surface area contributed by atoms with E-state index in [0.29, 0.717) is 5.82 Å². The molecule has 0 saturated heterocycles. The first-order valence-electron chi connectivity index (χ1n) is 8.27. The summed E-state index contributed by atoms with van der Waals surface area (Å²) in [6, 6.07) is 2.17. The van der Waals surface area contributed by atoms with Crippen molar-refractivity contribution < 1.29 is 4.79 Å². The molecule has 1 aliphatic rings. The molecule has 130 valence electrons. The standard InChI is InChI=1S/C16H25N7O/c1-16(2,3)12-7-14(22(4)21-12)20-15(24)8-17-11-5-6-13-18-10-19-23(13)9-11/h7,10-11,17H,5-6,8-9H2,1-4H3,(H,20,24). The molecule has 2 N–H and O–H groups in total. The van der Waals surface area contributed by atoms with Crippen molar-refractivity contribution in [3.05, 3.63) is 23.9 Å². The normalized spacial score (nSPS) is 17.6. The molecular formula is C16H25N7O. The van der Waals surface area contributed by atoms with Gasteiger partial charge in [0.25, 0.3) is 0 Å². The molecular weight excluding hydrogens is 306 g/mol. The Bertz CT molecular complexity index is 725. The highest BCUT2D eigenvalue weighted by molar-refractivity contribution is 5.91. The Kier molecular flexibility index (Phi) is 4.40. The minimum atomic E-state index is -0.0668. The molecule has 3 rings (SSSR count). The van der Waals surface area contributed by atoms with E-state index in [1.807, 2.05) is 17.8 Å². The topological polar surface area (TPSA) is 89.7 Å². The van der Waals surface area contributed by atoms with Crippen LogP contribution in [-0.4, -0.2) is 43.0 Å². The zero-order valence-electron chi connectivity index (χ0n) is 14.7. The Morgan fingerprint density at radius 3 is 2.92 bits per heavy atom. The molecule has 0 spiro atoms. The number of carbonyl (C=O) groups excluding carboxylic acids is 1. The van der Waals surface area contributed by atoms with E-state index in [4.69, 9.17) is 0 Å². The molecule has 0 aromatic carbocycles. The molecule has 1 amide bonds. The lowest BCUT2D eigenvalue weighted by atomic mass is 9.92. The fourth-order valence-corrected chi connectivity index (χ4v) is 2.78. The number of amides is 1. The molecule has 2 aromatic heterocycles. The van der Waals surface area contributed by atoms with E-state index < -0.39 is 0 Å². The first-order valence-corrected chi connectivity index (χ1v) is 8.27. The van der Waals surface area contributed by atoms with E-state index in [1.54, 1.807) is 11.0 Å². The monoisotopic (exact) mass is 331 g/mol. The van der Waals surface area contributed by atoms with Crippen molar-refractivity contribution in [3.63, 3.8) is 0 Å². The largest absolute Gasteiger partial charge is 0.310 e. The van der Waals surface area contributed by atoms with Crippen LogP contribution in [0.5, 0.6) is 0 Å². The maximum Gasteiger partial charge on any atom is 0.239 e. The van der Waals surface area contributed by atoms with Crippen molar-refractivity contribution >= 4 is 11.7 Å². The zero-order valence-corrected chi connectivity index (χ0v) is 14.7. The van der Waals surface area contributed by atoms with Gasteiger partial charge in [0, 0.05) is 31.0 Å². The Hall–Kier alpha value is -2.22. The van der Waals surface area contributed by atoms with Crippen LogP contribution in [0.25, 0.3) is 0 Å². The van der Waals surface area contributed by atoms with Gasteiger partial charge in [0.2, 0.25) is 5.91 Å². The lowest BCUT2D eigenvalue weighted by Gasteiger charge is -2.23. The van der Waals surface area contributed by atoms with Crippen molar-refractivity contribution in [2.75, 3.05) is 11.9 Å². The van der Waals surface area contributed by atoms with Gasteiger partial charge >= 0.3 is 0 Å². The second kappa shape index (κ2) is 6.35. The summed E-state index contributed by atoms with van der Waals surface area (Å²) in [5, 5.41) is 14.9. The van der Waals surface area contributed by atoms with Gasteiger partial charge in [-0.2, -0.15) is 10.2 Å². The second-order valence-corrected chi connectivity index (χ2v) is 7.31. The fourth-order valence-electron chi connectivity index (χ4n) is 2.78. The Balaban J connectivity index is 1.52. The van der Waals surface area contributed by atoms with Crippen molar-refractivity contribution in [1.29, 1.82) is 0 Å². The minimum Gasteiger partial charge on any atom is -0.310 e. The first kappa shape index (κ1) is 16.6. The number of hydrogen-bond acceptors (Lipinski definition) is 5. The lowest BCUT2D eigenvalue weighted by molar-refractivity contribution is -0.115. The van der Waals surface area contributed by atoms with Gasteiger partial charge < -0.3 is 10.6 Å². The number of aryl methyl sites for hydroxylation is 2. The average molecular weight is 331 g/mol. The summed E-state index contributed by atoms with van der Waals surface area (Å²) in [5.41, 5.74) is 0.913. The molecule has 0 radical (unpaired) electrons. The van der Waals surface area contributed by atoms with Gasteiger partial charge in [-0.05, 0) is 6.42 Å². The van der Waals surface area contributed by atoms with Crippen molar-refractivity contribution in [3.8, 4) is 0 Å². The van der Waals surface area contributed by atoms with Crippen molar-refractivity contribution in [2.45, 2.75) is 51.6 Å². The van der Waals surface area contributed by atoms with Crippen LogP contribution < -0.4 is 10.6 Å². The summed E-state index contributed by atoms with van der Waals surface area (Å²) in [6.45, 7) is 7.32. The van der Waals surface area contributed by atoms with Crippen LogP contribution in [0.4, 0.5) is 5.82 Å². The van der Waals surface area contributed by atoms with Gasteiger partial charge in [0.1, 0.15) is 18.0 Å². The number of aromatic nitrogens is 5. The molecule has 0 bridgehead atoms. The van der Waals surface area contributed by atoms with Crippen molar-refractivity contribution in [1.82, 2.24) is 29.9 Å². The Morgan fingerprint density at radius 2 is 2.21 bits per heavy atom. The highest BCUT2D eigenvalue weighted by atomic mass is 16.2. The first-order chi connectivity index (χ1) is 11.3. The molecule has 0 fully saturated rings. The number of nitrogens with zero attached hydrogens (tertiary/aromatic N) is 5. The Labute approximate surface area is 141 Å². The molecule has 24 heavy (non-hydrogen) atoms. The number of nitrogens with one attached hydrogen (secondary N) is 2. The summed E-state index contributed by atoms with van der Waals surface area (Å²) in [5.74, 6) is 1.67. The maximum atomic E-state index is 12.2. The molecule has 2 aromatic rings. The van der Waals surface area contributed by atoms with Crippen molar-refractivity contribution in [2.24, 2.45) is 7.05 Å². The number of fused-ring (bicyclic) bond motifs is 1. The summed E-state index contributed by atoms with van der Waals surface area (Å²) in [4.78, 5) is 16.4. The number of carbonyl (C=O) groups is 1. The molecule has 3 heterocycles. The van der Waals surface area contributed by atoms with E-state index in [-0.39, 0.29) is 23.9 Å². The van der Waals surface area contributed by atoms with Crippen LogP contribution in [0, 0.1) is 0 Å². The second-order valence-electron chi connectivity index (χ2n) is 7.31. The van der Waals surface area contributed by atoms with Crippen LogP contribution in [0.15, 0.2) is 12.4 Å². The highest BCUT2D eigenvalue weighted by Gasteiger charge is 2.21. The smallest absolute Gasteiger partial charge is 0.239 e. The third kappa shape index (κ3) is 3.64. The van der Waals surface area contributed by atoms with Gasteiger partial charge in [0.15, 0.2) is 0 Å².